The van der Waals surface area contributed by atoms with Gasteiger partial charge in [0.2, 0.25) is 0 Å². The summed E-state index contributed by atoms with van der Waals surface area (Å²) in [4.78, 5) is 15.7. The van der Waals surface area contributed by atoms with E-state index in [1.54, 1.807) is 11.5 Å². The first-order chi connectivity index (χ1) is 10.7. The number of thiazole rings is 1. The molecule has 1 N–H and O–H groups in total. The van der Waals surface area contributed by atoms with Crippen molar-refractivity contribution >= 4 is 33.2 Å². The second-order valence-corrected chi connectivity index (χ2v) is 5.56. The molecule has 0 saturated carbocycles. The Hall–Kier alpha value is -2.80. The molecule has 0 unspecified atom stereocenters. The second kappa shape index (κ2) is 4.60. The van der Waals surface area contributed by atoms with Crippen molar-refractivity contribution in [1.29, 1.82) is 0 Å². The number of furan rings is 1. The van der Waals surface area contributed by atoms with Crippen LogP contribution in [0.1, 0.15) is 10.5 Å². The highest BCUT2D eigenvalue weighted by atomic mass is 32.1. The van der Waals surface area contributed by atoms with Crippen LogP contribution in [0.4, 0.5) is 0 Å². The maximum atomic E-state index is 11.0. The molecule has 3 aromatic heterocycles. The normalized spacial score (nSPS) is 11.3. The summed E-state index contributed by atoms with van der Waals surface area (Å²) in [5.74, 6) is 0.333. The van der Waals surface area contributed by atoms with Crippen molar-refractivity contribution in [3.63, 3.8) is 0 Å². The fourth-order valence-corrected chi connectivity index (χ4v) is 3.19. The minimum Gasteiger partial charge on any atom is -0.497 e. The van der Waals surface area contributed by atoms with Crippen LogP contribution in [0.2, 0.25) is 0 Å². The van der Waals surface area contributed by atoms with Gasteiger partial charge in [0.25, 0.3) is 0 Å². The van der Waals surface area contributed by atoms with E-state index in [2.05, 4.69) is 4.98 Å². The molecule has 110 valence electrons. The Bertz CT molecular complexity index is 1010. The van der Waals surface area contributed by atoms with E-state index >= 15 is 0 Å². The van der Waals surface area contributed by atoms with E-state index in [1.165, 1.54) is 17.5 Å². The molecule has 0 spiro atoms. The quantitative estimate of drug-likeness (QED) is 0.626. The van der Waals surface area contributed by atoms with Crippen molar-refractivity contribution in [1.82, 2.24) is 9.38 Å². The number of fused-ring (bicyclic) bond motifs is 2. The molecule has 0 atom stereocenters. The van der Waals surface area contributed by atoms with Crippen LogP contribution in [0.3, 0.4) is 0 Å². The molecule has 0 saturated heterocycles. The zero-order valence-corrected chi connectivity index (χ0v) is 12.3. The van der Waals surface area contributed by atoms with Gasteiger partial charge >= 0.3 is 5.97 Å². The van der Waals surface area contributed by atoms with Crippen LogP contribution < -0.4 is 4.74 Å². The third kappa shape index (κ3) is 1.86. The van der Waals surface area contributed by atoms with E-state index in [9.17, 15) is 4.79 Å². The lowest BCUT2D eigenvalue weighted by Gasteiger charge is -1.96. The van der Waals surface area contributed by atoms with E-state index in [-0.39, 0.29) is 5.69 Å². The van der Waals surface area contributed by atoms with E-state index in [1.807, 2.05) is 29.6 Å². The maximum absolute atomic E-state index is 11.0. The maximum Gasteiger partial charge on any atom is 0.356 e. The predicted octanol–water partition coefficient (Wildman–Crippen LogP) is 3.52. The van der Waals surface area contributed by atoms with Gasteiger partial charge in [-0.1, -0.05) is 0 Å². The first-order valence-electron chi connectivity index (χ1n) is 6.43. The zero-order valence-electron chi connectivity index (χ0n) is 11.4. The molecule has 22 heavy (non-hydrogen) atoms. The number of hydrogen-bond donors (Lipinski definition) is 1. The van der Waals surface area contributed by atoms with E-state index in [0.717, 1.165) is 16.8 Å². The minimum absolute atomic E-state index is 0.0193. The van der Waals surface area contributed by atoms with Crippen LogP contribution in [0.5, 0.6) is 5.75 Å². The fraction of sp³-hybridized carbons (Fsp3) is 0.0667. The van der Waals surface area contributed by atoms with Gasteiger partial charge in [0.05, 0.1) is 7.11 Å². The largest absolute Gasteiger partial charge is 0.497 e. The molecule has 0 aliphatic heterocycles. The summed E-state index contributed by atoms with van der Waals surface area (Å²) in [6.45, 7) is 0. The first kappa shape index (κ1) is 12.9. The summed E-state index contributed by atoms with van der Waals surface area (Å²) in [6.07, 6.45) is 1.50. The molecule has 0 amide bonds. The molecule has 0 fully saturated rings. The number of benzene rings is 1. The summed E-state index contributed by atoms with van der Waals surface area (Å²) in [6, 6.07) is 7.52. The van der Waals surface area contributed by atoms with Crippen LogP contribution in [-0.4, -0.2) is 27.6 Å². The van der Waals surface area contributed by atoms with Crippen molar-refractivity contribution < 1.29 is 19.1 Å². The van der Waals surface area contributed by atoms with Crippen LogP contribution >= 0.6 is 11.3 Å². The molecule has 6 nitrogen and oxygen atoms in total. The Balaban J connectivity index is 1.88. The van der Waals surface area contributed by atoms with Crippen molar-refractivity contribution in [2.45, 2.75) is 0 Å². The van der Waals surface area contributed by atoms with Crippen molar-refractivity contribution in [2.75, 3.05) is 7.11 Å². The Morgan fingerprint density at radius 2 is 2.27 bits per heavy atom. The smallest absolute Gasteiger partial charge is 0.356 e. The van der Waals surface area contributed by atoms with Crippen LogP contribution in [0.25, 0.3) is 27.4 Å². The third-order valence-corrected chi connectivity index (χ3v) is 4.25. The lowest BCUT2D eigenvalue weighted by molar-refractivity contribution is 0.0691. The van der Waals surface area contributed by atoms with E-state index in [4.69, 9.17) is 14.3 Å². The monoisotopic (exact) mass is 314 g/mol. The molecule has 0 aliphatic carbocycles. The van der Waals surface area contributed by atoms with Crippen LogP contribution in [0, 0.1) is 0 Å². The molecule has 1 aromatic carbocycles. The fourth-order valence-electron chi connectivity index (χ4n) is 2.33. The topological polar surface area (TPSA) is 77.0 Å². The highest BCUT2D eigenvalue weighted by Crippen LogP contribution is 2.32. The number of ether oxygens (including phenoxy) is 1. The van der Waals surface area contributed by atoms with Gasteiger partial charge in [-0.25, -0.2) is 9.78 Å². The van der Waals surface area contributed by atoms with Gasteiger partial charge in [-0.15, -0.1) is 11.3 Å². The SMILES string of the molecule is COc1ccc2cc(-c3csc4nc(C(=O)O)cn34)oc2c1. The lowest BCUT2D eigenvalue weighted by Crippen LogP contribution is -1.95. The standard InChI is InChI=1S/C15H10N2O4S/c1-20-9-3-2-8-4-13(21-12(8)5-9)11-7-22-15-16-10(14(18)19)6-17(11)15/h2-7H,1H3,(H,18,19). The number of aromatic nitrogens is 2. The zero-order chi connectivity index (χ0) is 15.3. The molecular formula is C15H10N2O4S. The number of nitrogens with zero attached hydrogens (tertiary/aromatic N) is 2. The molecule has 0 radical (unpaired) electrons. The molecule has 3 heterocycles. The number of carboxylic acid groups (broad SMARTS) is 1. The highest BCUT2D eigenvalue weighted by molar-refractivity contribution is 7.15. The van der Waals surface area contributed by atoms with Gasteiger partial charge in [-0.3, -0.25) is 4.40 Å². The lowest BCUT2D eigenvalue weighted by atomic mass is 10.2. The minimum atomic E-state index is -1.05. The summed E-state index contributed by atoms with van der Waals surface area (Å²) >= 11 is 1.37. The molecular weight excluding hydrogens is 304 g/mol. The number of imidazole rings is 1. The summed E-state index contributed by atoms with van der Waals surface area (Å²) < 4.78 is 12.8. The van der Waals surface area contributed by atoms with Crippen molar-refractivity contribution in [3.8, 4) is 17.2 Å². The molecule has 0 bridgehead atoms. The summed E-state index contributed by atoms with van der Waals surface area (Å²) in [7, 11) is 1.60. The highest BCUT2D eigenvalue weighted by Gasteiger charge is 2.16. The molecule has 0 aliphatic rings. The van der Waals surface area contributed by atoms with E-state index in [0.29, 0.717) is 16.3 Å². The number of carbonyl (C=O) groups is 1. The molecule has 7 heteroatoms. The van der Waals surface area contributed by atoms with E-state index < -0.39 is 5.97 Å². The average molecular weight is 314 g/mol. The Morgan fingerprint density at radius 3 is 3.05 bits per heavy atom. The number of carboxylic acids is 1. The number of aromatic carboxylic acids is 1. The van der Waals surface area contributed by atoms with Gasteiger partial charge in [0, 0.05) is 23.0 Å². The Morgan fingerprint density at radius 1 is 1.41 bits per heavy atom. The average Bonchev–Trinajstić information content (AvgIpc) is 3.18. The van der Waals surface area contributed by atoms with Crippen LogP contribution in [-0.2, 0) is 0 Å². The number of rotatable bonds is 3. The Labute approximate surface area is 128 Å². The first-order valence-corrected chi connectivity index (χ1v) is 7.31. The van der Waals surface area contributed by atoms with Gasteiger partial charge in [-0.2, -0.15) is 0 Å². The predicted molar refractivity (Wildman–Crippen MR) is 81.8 cm³/mol. The van der Waals surface area contributed by atoms with Gasteiger partial charge < -0.3 is 14.3 Å². The van der Waals surface area contributed by atoms with Crippen molar-refractivity contribution in [3.05, 3.63) is 41.5 Å². The van der Waals surface area contributed by atoms with Gasteiger partial charge in [-0.05, 0) is 18.2 Å². The second-order valence-electron chi connectivity index (χ2n) is 4.72. The van der Waals surface area contributed by atoms with Crippen molar-refractivity contribution in [2.24, 2.45) is 0 Å². The molecule has 4 aromatic rings. The van der Waals surface area contributed by atoms with Gasteiger partial charge in [0.1, 0.15) is 17.0 Å². The summed E-state index contributed by atoms with van der Waals surface area (Å²) in [5, 5.41) is 11.9. The van der Waals surface area contributed by atoms with Crippen LogP contribution in [0.15, 0.2) is 40.3 Å². The Kier molecular flexibility index (Phi) is 2.70. The molecule has 4 rings (SSSR count). The number of methoxy groups -OCH3 is 1. The number of hydrogen-bond acceptors (Lipinski definition) is 5. The van der Waals surface area contributed by atoms with Gasteiger partial charge in [0.15, 0.2) is 16.4 Å². The third-order valence-electron chi connectivity index (χ3n) is 3.41. The summed E-state index contributed by atoms with van der Waals surface area (Å²) in [5.41, 5.74) is 1.51.